The largest absolute Gasteiger partial charge is 0.496 e. The van der Waals surface area contributed by atoms with Crippen LogP contribution in [-0.2, 0) is 4.79 Å². The van der Waals surface area contributed by atoms with E-state index in [1.54, 1.807) is 13.2 Å². The summed E-state index contributed by atoms with van der Waals surface area (Å²) in [7, 11) is 1.64. The highest BCUT2D eigenvalue weighted by Gasteiger charge is 2.39. The number of hydrogen-bond donors (Lipinski definition) is 1. The minimum atomic E-state index is 0.00783. The third kappa shape index (κ3) is 2.72. The summed E-state index contributed by atoms with van der Waals surface area (Å²) in [6, 6.07) is 8.10. The molecule has 0 spiro atoms. The fourth-order valence-corrected chi connectivity index (χ4v) is 3.62. The van der Waals surface area contributed by atoms with Crippen LogP contribution in [0.3, 0.4) is 0 Å². The first-order valence-corrected chi connectivity index (χ1v) is 7.38. The number of nitrogens with one attached hydrogen (secondary N) is 1. The molecule has 1 aromatic carbocycles. The van der Waals surface area contributed by atoms with Crippen LogP contribution < -0.4 is 10.1 Å². The third-order valence-electron chi connectivity index (χ3n) is 4.62. The van der Waals surface area contributed by atoms with Gasteiger partial charge in [0.1, 0.15) is 5.75 Å². The van der Waals surface area contributed by atoms with Crippen molar-refractivity contribution >= 4 is 12.0 Å². The van der Waals surface area contributed by atoms with Gasteiger partial charge in [-0.2, -0.15) is 0 Å². The molecule has 1 aromatic rings. The Balaban J connectivity index is 1.60. The number of carbonyl (C=O) groups excluding carboxylic acids is 1. The molecule has 2 fully saturated rings. The number of fused-ring (bicyclic) bond motifs is 2. The van der Waals surface area contributed by atoms with Crippen LogP contribution in [0.5, 0.6) is 5.75 Å². The average molecular weight is 271 g/mol. The van der Waals surface area contributed by atoms with Gasteiger partial charge in [0, 0.05) is 17.7 Å². The maximum absolute atomic E-state index is 12.0. The van der Waals surface area contributed by atoms with Crippen molar-refractivity contribution in [3.63, 3.8) is 0 Å². The Morgan fingerprint density at radius 1 is 1.30 bits per heavy atom. The number of para-hydroxylation sites is 1. The minimum absolute atomic E-state index is 0.00783. The summed E-state index contributed by atoms with van der Waals surface area (Å²) in [5.41, 5.74) is 0.929. The van der Waals surface area contributed by atoms with E-state index < -0.39 is 0 Å². The van der Waals surface area contributed by atoms with Gasteiger partial charge in [-0.3, -0.25) is 4.79 Å². The van der Waals surface area contributed by atoms with Gasteiger partial charge in [-0.25, -0.2) is 0 Å². The minimum Gasteiger partial charge on any atom is -0.496 e. The van der Waals surface area contributed by atoms with Crippen LogP contribution in [0.2, 0.25) is 0 Å². The average Bonchev–Trinajstić information content (AvgIpc) is 3.08. The van der Waals surface area contributed by atoms with Gasteiger partial charge in [-0.05, 0) is 43.2 Å². The van der Waals surface area contributed by atoms with Crippen LogP contribution in [-0.4, -0.2) is 19.1 Å². The first-order chi connectivity index (χ1) is 9.76. The first kappa shape index (κ1) is 13.2. The van der Waals surface area contributed by atoms with Gasteiger partial charge in [0.05, 0.1) is 7.11 Å². The van der Waals surface area contributed by atoms with E-state index >= 15 is 0 Å². The molecule has 0 heterocycles. The highest BCUT2D eigenvalue weighted by Crippen LogP contribution is 2.44. The molecule has 0 radical (unpaired) electrons. The molecule has 0 aliphatic heterocycles. The van der Waals surface area contributed by atoms with Gasteiger partial charge in [-0.15, -0.1) is 0 Å². The number of benzene rings is 1. The molecular formula is C17H21NO2. The maximum atomic E-state index is 12.0. The summed E-state index contributed by atoms with van der Waals surface area (Å²) >= 11 is 0. The lowest BCUT2D eigenvalue weighted by Gasteiger charge is -2.22. The zero-order chi connectivity index (χ0) is 13.9. The number of carbonyl (C=O) groups is 1. The van der Waals surface area contributed by atoms with Gasteiger partial charge >= 0.3 is 0 Å². The van der Waals surface area contributed by atoms with Crippen molar-refractivity contribution in [1.82, 2.24) is 5.32 Å². The smallest absolute Gasteiger partial charge is 0.244 e. The van der Waals surface area contributed by atoms with Crippen LogP contribution in [0, 0.1) is 11.8 Å². The van der Waals surface area contributed by atoms with E-state index in [0.717, 1.165) is 17.2 Å². The lowest BCUT2D eigenvalue weighted by molar-refractivity contribution is -0.117. The Labute approximate surface area is 120 Å². The van der Waals surface area contributed by atoms with Crippen molar-refractivity contribution < 1.29 is 9.53 Å². The summed E-state index contributed by atoms with van der Waals surface area (Å²) < 4.78 is 5.27. The molecule has 1 N–H and O–H groups in total. The molecule has 0 saturated heterocycles. The van der Waals surface area contributed by atoms with Gasteiger partial charge < -0.3 is 10.1 Å². The lowest BCUT2D eigenvalue weighted by atomic mass is 9.95. The van der Waals surface area contributed by atoms with E-state index in [1.165, 1.54) is 25.7 Å². The molecule has 2 bridgehead atoms. The number of hydrogen-bond acceptors (Lipinski definition) is 2. The fourth-order valence-electron chi connectivity index (χ4n) is 3.62. The molecule has 2 aliphatic carbocycles. The fraction of sp³-hybridized carbons (Fsp3) is 0.471. The molecule has 2 aliphatic rings. The molecule has 3 heteroatoms. The number of rotatable bonds is 4. The lowest BCUT2D eigenvalue weighted by Crippen LogP contribution is -2.37. The molecule has 0 unspecified atom stereocenters. The zero-order valence-corrected chi connectivity index (χ0v) is 11.8. The maximum Gasteiger partial charge on any atom is 0.244 e. The summed E-state index contributed by atoms with van der Waals surface area (Å²) in [4.78, 5) is 12.0. The molecule has 20 heavy (non-hydrogen) atoms. The zero-order valence-electron chi connectivity index (χ0n) is 11.8. The molecule has 0 aromatic heterocycles. The monoisotopic (exact) mass is 271 g/mol. The Bertz CT molecular complexity index is 523. The molecule has 1 amide bonds. The Kier molecular flexibility index (Phi) is 3.77. The van der Waals surface area contributed by atoms with Crippen molar-refractivity contribution in [2.45, 2.75) is 31.7 Å². The Morgan fingerprint density at radius 2 is 2.15 bits per heavy atom. The van der Waals surface area contributed by atoms with E-state index in [-0.39, 0.29) is 5.91 Å². The number of ether oxygens (including phenoxy) is 1. The van der Waals surface area contributed by atoms with E-state index in [4.69, 9.17) is 4.74 Å². The summed E-state index contributed by atoms with van der Waals surface area (Å²) in [6.45, 7) is 0. The van der Waals surface area contributed by atoms with Crippen LogP contribution in [0.1, 0.15) is 31.2 Å². The van der Waals surface area contributed by atoms with Gasteiger partial charge in [0.15, 0.2) is 0 Å². The Hall–Kier alpha value is -1.77. The van der Waals surface area contributed by atoms with Crippen molar-refractivity contribution in [2.75, 3.05) is 7.11 Å². The standard InChI is InChI=1S/C17H21NO2/c1-20-16-5-3-2-4-13(16)8-9-17(19)18-15-11-12-6-7-14(15)10-12/h2-5,8-9,12,14-15H,6-7,10-11H2,1H3,(H,18,19)/t12-,14+,15+/m0/s1. The van der Waals surface area contributed by atoms with E-state index in [1.807, 2.05) is 30.3 Å². The normalized spacial score (nSPS) is 27.9. The van der Waals surface area contributed by atoms with Crippen molar-refractivity contribution in [3.8, 4) is 5.75 Å². The van der Waals surface area contributed by atoms with E-state index in [0.29, 0.717) is 12.0 Å². The summed E-state index contributed by atoms with van der Waals surface area (Å²) in [5, 5.41) is 3.15. The molecule has 2 saturated carbocycles. The van der Waals surface area contributed by atoms with Crippen molar-refractivity contribution in [3.05, 3.63) is 35.9 Å². The van der Waals surface area contributed by atoms with E-state index in [9.17, 15) is 4.79 Å². The molecular weight excluding hydrogens is 250 g/mol. The number of amides is 1. The van der Waals surface area contributed by atoms with Crippen molar-refractivity contribution in [2.24, 2.45) is 11.8 Å². The highest BCUT2D eigenvalue weighted by atomic mass is 16.5. The second-order valence-corrected chi connectivity index (χ2v) is 5.87. The summed E-state index contributed by atoms with van der Waals surface area (Å²) in [5.74, 6) is 2.36. The van der Waals surface area contributed by atoms with Gasteiger partial charge in [0.2, 0.25) is 5.91 Å². The second-order valence-electron chi connectivity index (χ2n) is 5.87. The summed E-state index contributed by atoms with van der Waals surface area (Å²) in [6.07, 6.45) is 8.55. The second kappa shape index (κ2) is 5.70. The molecule has 106 valence electrons. The van der Waals surface area contributed by atoms with Crippen molar-refractivity contribution in [1.29, 1.82) is 0 Å². The van der Waals surface area contributed by atoms with Gasteiger partial charge in [0.25, 0.3) is 0 Å². The van der Waals surface area contributed by atoms with Gasteiger partial charge in [-0.1, -0.05) is 24.6 Å². The predicted octanol–water partition coefficient (Wildman–Crippen LogP) is 3.01. The quantitative estimate of drug-likeness (QED) is 0.855. The molecule has 3 nitrogen and oxygen atoms in total. The predicted molar refractivity (Wildman–Crippen MR) is 79.4 cm³/mol. The van der Waals surface area contributed by atoms with Crippen LogP contribution in [0.4, 0.5) is 0 Å². The Morgan fingerprint density at radius 3 is 2.85 bits per heavy atom. The third-order valence-corrected chi connectivity index (χ3v) is 4.62. The highest BCUT2D eigenvalue weighted by molar-refractivity contribution is 5.92. The molecule has 3 rings (SSSR count). The van der Waals surface area contributed by atoms with Crippen LogP contribution in [0.25, 0.3) is 6.08 Å². The van der Waals surface area contributed by atoms with Crippen LogP contribution in [0.15, 0.2) is 30.3 Å². The molecule has 3 atom stereocenters. The SMILES string of the molecule is COc1ccccc1C=CC(=O)N[C@@H]1C[C@H]2CC[C@@H]1C2. The number of methoxy groups -OCH3 is 1. The van der Waals surface area contributed by atoms with E-state index in [2.05, 4.69) is 5.32 Å². The first-order valence-electron chi connectivity index (χ1n) is 7.38. The van der Waals surface area contributed by atoms with Crippen LogP contribution >= 0.6 is 0 Å². The topological polar surface area (TPSA) is 38.3 Å².